The van der Waals surface area contributed by atoms with Crippen molar-refractivity contribution in [2.45, 2.75) is 25.7 Å². The second-order valence-corrected chi connectivity index (χ2v) is 7.63. The summed E-state index contributed by atoms with van der Waals surface area (Å²) in [5.41, 5.74) is 4.15. The summed E-state index contributed by atoms with van der Waals surface area (Å²) in [5.74, 6) is 1.40. The molecule has 0 bridgehead atoms. The second-order valence-electron chi connectivity index (χ2n) is 7.63. The van der Waals surface area contributed by atoms with Crippen LogP contribution in [0.15, 0.2) is 95.5 Å². The highest BCUT2D eigenvalue weighted by Gasteiger charge is 2.08. The largest absolute Gasteiger partial charge is 0.441 e. The Hall–Kier alpha value is -3.86. The molecule has 0 saturated heterocycles. The molecule has 3 aromatic carbocycles. The fraction of sp³-hybridized carbons (Fsp3) is 0.185. The molecule has 0 aliphatic carbocycles. The van der Waals surface area contributed by atoms with Crippen molar-refractivity contribution >= 4 is 17.3 Å². The first-order valence-corrected chi connectivity index (χ1v) is 10.9. The first-order valence-electron chi connectivity index (χ1n) is 10.9. The number of anilines is 2. The smallest absolute Gasteiger partial charge is 0.224 e. The number of aryl methyl sites for hydroxylation is 1. The highest BCUT2D eigenvalue weighted by Crippen LogP contribution is 2.20. The molecule has 4 aromatic rings. The van der Waals surface area contributed by atoms with Crippen LogP contribution in [0.25, 0.3) is 11.3 Å². The maximum absolute atomic E-state index is 12.3. The van der Waals surface area contributed by atoms with Gasteiger partial charge in [-0.15, -0.1) is 0 Å². The van der Waals surface area contributed by atoms with Crippen molar-refractivity contribution in [1.29, 1.82) is 0 Å². The van der Waals surface area contributed by atoms with E-state index < -0.39 is 0 Å². The Bertz CT molecular complexity index is 1110. The lowest BCUT2D eigenvalue weighted by molar-refractivity contribution is -0.116. The van der Waals surface area contributed by atoms with Crippen LogP contribution in [0.5, 0.6) is 0 Å². The molecule has 0 unspecified atom stereocenters. The SMILES string of the molecule is O=C(CCCc1ncc(-c2ccccc2)o1)Nc1ccc(NCCc2ccccc2)cc1. The van der Waals surface area contributed by atoms with Crippen molar-refractivity contribution in [1.82, 2.24) is 4.98 Å². The molecule has 0 radical (unpaired) electrons. The molecule has 5 nitrogen and oxygen atoms in total. The molecule has 0 fully saturated rings. The van der Waals surface area contributed by atoms with E-state index in [2.05, 4.69) is 39.9 Å². The van der Waals surface area contributed by atoms with Gasteiger partial charge >= 0.3 is 0 Å². The zero-order valence-corrected chi connectivity index (χ0v) is 18.0. The fourth-order valence-corrected chi connectivity index (χ4v) is 3.45. The Kier molecular flexibility index (Phi) is 7.32. The van der Waals surface area contributed by atoms with Crippen LogP contribution in [-0.2, 0) is 17.6 Å². The van der Waals surface area contributed by atoms with E-state index in [0.717, 1.165) is 35.7 Å². The van der Waals surface area contributed by atoms with Crippen molar-refractivity contribution < 1.29 is 9.21 Å². The van der Waals surface area contributed by atoms with Gasteiger partial charge in [0.25, 0.3) is 0 Å². The van der Waals surface area contributed by atoms with Gasteiger partial charge in [-0.1, -0.05) is 60.7 Å². The molecular weight excluding hydrogens is 398 g/mol. The van der Waals surface area contributed by atoms with Crippen LogP contribution < -0.4 is 10.6 Å². The van der Waals surface area contributed by atoms with E-state index in [1.54, 1.807) is 6.20 Å². The predicted octanol–water partition coefficient (Wildman–Crippen LogP) is 5.96. The van der Waals surface area contributed by atoms with Crippen molar-refractivity contribution in [2.75, 3.05) is 17.2 Å². The molecule has 0 spiro atoms. The van der Waals surface area contributed by atoms with Crippen LogP contribution in [0.4, 0.5) is 11.4 Å². The lowest BCUT2D eigenvalue weighted by atomic mass is 10.1. The van der Waals surface area contributed by atoms with Crippen LogP contribution >= 0.6 is 0 Å². The number of rotatable bonds is 10. The Morgan fingerprint density at radius 3 is 2.25 bits per heavy atom. The molecule has 1 aromatic heterocycles. The average molecular weight is 426 g/mol. The molecule has 0 aliphatic rings. The Morgan fingerprint density at radius 2 is 1.50 bits per heavy atom. The molecule has 5 heteroatoms. The number of nitrogens with one attached hydrogen (secondary N) is 2. The number of benzene rings is 3. The van der Waals surface area contributed by atoms with Crippen LogP contribution in [0, 0.1) is 0 Å². The molecule has 32 heavy (non-hydrogen) atoms. The highest BCUT2D eigenvalue weighted by atomic mass is 16.4. The minimum atomic E-state index is -0.00961. The number of amides is 1. The molecule has 0 aliphatic heterocycles. The molecule has 0 saturated carbocycles. The highest BCUT2D eigenvalue weighted by molar-refractivity contribution is 5.90. The Balaban J connectivity index is 1.17. The third kappa shape index (κ3) is 6.32. The zero-order valence-electron chi connectivity index (χ0n) is 18.0. The van der Waals surface area contributed by atoms with Crippen molar-refractivity contribution in [3.63, 3.8) is 0 Å². The summed E-state index contributed by atoms with van der Waals surface area (Å²) in [4.78, 5) is 16.6. The van der Waals surface area contributed by atoms with E-state index in [-0.39, 0.29) is 5.91 Å². The van der Waals surface area contributed by atoms with E-state index >= 15 is 0 Å². The summed E-state index contributed by atoms with van der Waals surface area (Å²) >= 11 is 0. The van der Waals surface area contributed by atoms with E-state index in [1.165, 1.54) is 5.56 Å². The van der Waals surface area contributed by atoms with Crippen LogP contribution in [0.2, 0.25) is 0 Å². The van der Waals surface area contributed by atoms with E-state index in [9.17, 15) is 4.79 Å². The summed E-state index contributed by atoms with van der Waals surface area (Å²) in [5, 5.41) is 6.36. The molecule has 2 N–H and O–H groups in total. The second kappa shape index (κ2) is 11.0. The van der Waals surface area contributed by atoms with Gasteiger partial charge in [0.05, 0.1) is 6.20 Å². The van der Waals surface area contributed by atoms with E-state index in [0.29, 0.717) is 25.2 Å². The molecule has 0 atom stereocenters. The third-order valence-corrected chi connectivity index (χ3v) is 5.16. The van der Waals surface area contributed by atoms with Crippen molar-refractivity contribution in [3.8, 4) is 11.3 Å². The predicted molar refractivity (Wildman–Crippen MR) is 129 cm³/mol. The minimum Gasteiger partial charge on any atom is -0.441 e. The summed E-state index contributed by atoms with van der Waals surface area (Å²) in [6, 6.07) is 28.1. The third-order valence-electron chi connectivity index (χ3n) is 5.16. The van der Waals surface area contributed by atoms with Gasteiger partial charge in [-0.2, -0.15) is 0 Å². The Morgan fingerprint density at radius 1 is 0.812 bits per heavy atom. The van der Waals surface area contributed by atoms with Crippen LogP contribution in [-0.4, -0.2) is 17.4 Å². The molecule has 1 heterocycles. The summed E-state index contributed by atoms with van der Waals surface area (Å²) < 4.78 is 5.79. The standard InChI is InChI=1S/C27H27N3O2/c31-26(12-7-13-27-29-20-25(32-27)22-10-5-2-6-11-22)30-24-16-14-23(15-17-24)28-19-18-21-8-3-1-4-9-21/h1-6,8-11,14-17,20,28H,7,12-13,18-19H2,(H,30,31). The minimum absolute atomic E-state index is 0.00961. The van der Waals surface area contributed by atoms with E-state index in [1.807, 2.05) is 60.7 Å². The van der Waals surface area contributed by atoms with Gasteiger partial charge in [-0.05, 0) is 42.7 Å². The van der Waals surface area contributed by atoms with Gasteiger partial charge in [0.1, 0.15) is 0 Å². The van der Waals surface area contributed by atoms with Gasteiger partial charge < -0.3 is 15.1 Å². The lowest BCUT2D eigenvalue weighted by Gasteiger charge is -2.09. The zero-order chi connectivity index (χ0) is 22.0. The number of carbonyl (C=O) groups excluding carboxylic acids is 1. The van der Waals surface area contributed by atoms with Gasteiger partial charge in [-0.3, -0.25) is 4.79 Å². The summed E-state index contributed by atoms with van der Waals surface area (Å²) in [7, 11) is 0. The topological polar surface area (TPSA) is 67.2 Å². The fourth-order valence-electron chi connectivity index (χ4n) is 3.45. The number of carbonyl (C=O) groups is 1. The first kappa shape index (κ1) is 21.4. The van der Waals surface area contributed by atoms with Gasteiger partial charge in [0, 0.05) is 36.3 Å². The maximum atomic E-state index is 12.3. The Labute approximate surface area is 188 Å². The molecular formula is C27H27N3O2. The first-order chi connectivity index (χ1) is 15.8. The quantitative estimate of drug-likeness (QED) is 0.329. The summed E-state index contributed by atoms with van der Waals surface area (Å²) in [6.45, 7) is 0.864. The number of nitrogens with zero attached hydrogens (tertiary/aromatic N) is 1. The normalized spacial score (nSPS) is 10.6. The van der Waals surface area contributed by atoms with E-state index in [4.69, 9.17) is 4.42 Å². The van der Waals surface area contributed by atoms with Crippen molar-refractivity contribution in [3.05, 3.63) is 103 Å². The lowest BCUT2D eigenvalue weighted by Crippen LogP contribution is -2.11. The monoisotopic (exact) mass is 425 g/mol. The van der Waals surface area contributed by atoms with Gasteiger partial charge in [0.15, 0.2) is 11.7 Å². The van der Waals surface area contributed by atoms with Crippen LogP contribution in [0.3, 0.4) is 0 Å². The molecule has 1 amide bonds. The van der Waals surface area contributed by atoms with Crippen LogP contribution in [0.1, 0.15) is 24.3 Å². The van der Waals surface area contributed by atoms with Crippen molar-refractivity contribution in [2.24, 2.45) is 0 Å². The molecule has 162 valence electrons. The average Bonchev–Trinajstić information content (AvgIpc) is 3.30. The maximum Gasteiger partial charge on any atom is 0.224 e. The van der Waals surface area contributed by atoms with Gasteiger partial charge in [0.2, 0.25) is 5.91 Å². The van der Waals surface area contributed by atoms with Gasteiger partial charge in [-0.25, -0.2) is 4.98 Å². The molecule has 4 rings (SSSR count). The number of hydrogen-bond acceptors (Lipinski definition) is 4. The number of hydrogen-bond donors (Lipinski definition) is 2. The number of oxazole rings is 1. The summed E-state index contributed by atoms with van der Waals surface area (Å²) in [6.07, 6.45) is 4.43. The number of aromatic nitrogens is 1.